The summed E-state index contributed by atoms with van der Waals surface area (Å²) in [5.41, 5.74) is 4.47. The number of hydrogen-bond acceptors (Lipinski definition) is 8. The molecule has 0 bridgehead atoms. The van der Waals surface area contributed by atoms with Crippen molar-refractivity contribution in [1.82, 2.24) is 14.0 Å². The Morgan fingerprint density at radius 1 is 1.03 bits per heavy atom. The maximum Gasteiger partial charge on any atom is 0.332 e. The summed E-state index contributed by atoms with van der Waals surface area (Å²) in [6.45, 7) is 2.88. The Morgan fingerprint density at radius 2 is 1.61 bits per heavy atom. The van der Waals surface area contributed by atoms with Gasteiger partial charge in [0.2, 0.25) is 5.78 Å². The molecule has 2 amide bonds. The number of nitrogens with zero attached hydrogens (tertiary/aromatic N) is 3. The van der Waals surface area contributed by atoms with Crippen LogP contribution in [-0.4, -0.2) is 50.8 Å². The van der Waals surface area contributed by atoms with E-state index in [0.717, 1.165) is 14.0 Å². The Bertz CT molecular complexity index is 1240. The molecule has 0 saturated heterocycles. The molecular formula is C22H24N4O7. The van der Waals surface area contributed by atoms with Crippen molar-refractivity contribution < 1.29 is 23.9 Å². The van der Waals surface area contributed by atoms with E-state index in [0.29, 0.717) is 0 Å². The average Bonchev–Trinajstić information content (AvgIpc) is 3.02. The Hall–Kier alpha value is -4.02. The molecule has 0 unspecified atom stereocenters. The number of esters is 1. The zero-order valence-corrected chi connectivity index (χ0v) is 18.5. The van der Waals surface area contributed by atoms with Crippen LogP contribution < -0.4 is 17.0 Å². The number of fused-ring (bicyclic) bond motifs is 1. The molecule has 11 heteroatoms. The van der Waals surface area contributed by atoms with E-state index in [1.54, 1.807) is 12.1 Å². The highest BCUT2D eigenvalue weighted by molar-refractivity contribution is 6.21. The van der Waals surface area contributed by atoms with Crippen molar-refractivity contribution in [3.05, 3.63) is 61.8 Å². The molecule has 0 atom stereocenters. The Labute approximate surface area is 188 Å². The summed E-state index contributed by atoms with van der Waals surface area (Å²) in [5.74, 6) is -2.99. The molecule has 1 aromatic carbocycles. The normalized spacial score (nSPS) is 12.9. The van der Waals surface area contributed by atoms with Crippen molar-refractivity contribution in [2.45, 2.75) is 26.8 Å². The van der Waals surface area contributed by atoms with Gasteiger partial charge in [0.1, 0.15) is 11.4 Å². The van der Waals surface area contributed by atoms with E-state index in [-0.39, 0.29) is 42.4 Å². The van der Waals surface area contributed by atoms with Crippen LogP contribution >= 0.6 is 0 Å². The maximum absolute atomic E-state index is 12.6. The molecule has 33 heavy (non-hydrogen) atoms. The number of imide groups is 1. The van der Waals surface area contributed by atoms with Crippen molar-refractivity contribution in [2.24, 2.45) is 13.0 Å². The van der Waals surface area contributed by atoms with E-state index in [1.165, 1.54) is 19.2 Å². The van der Waals surface area contributed by atoms with Gasteiger partial charge in [-0.1, -0.05) is 26.0 Å². The van der Waals surface area contributed by atoms with E-state index < -0.39 is 47.0 Å². The molecule has 1 aliphatic rings. The van der Waals surface area contributed by atoms with Crippen LogP contribution in [0.5, 0.6) is 0 Å². The number of carbonyl (C=O) groups is 4. The molecule has 1 aliphatic heterocycles. The van der Waals surface area contributed by atoms with Crippen LogP contribution in [0.4, 0.5) is 5.82 Å². The summed E-state index contributed by atoms with van der Waals surface area (Å²) in [7, 11) is 1.23. The van der Waals surface area contributed by atoms with E-state index in [4.69, 9.17) is 10.5 Å². The first kappa shape index (κ1) is 23.6. The van der Waals surface area contributed by atoms with Gasteiger partial charge in [0.15, 0.2) is 6.61 Å². The van der Waals surface area contributed by atoms with Crippen LogP contribution in [0.3, 0.4) is 0 Å². The molecule has 0 aliphatic carbocycles. The van der Waals surface area contributed by atoms with Crippen molar-refractivity contribution >= 4 is 29.4 Å². The highest BCUT2D eigenvalue weighted by Crippen LogP contribution is 2.22. The number of benzene rings is 1. The van der Waals surface area contributed by atoms with Crippen LogP contribution in [0.2, 0.25) is 0 Å². The number of nitrogen functional groups attached to an aromatic ring is 1. The smallest absolute Gasteiger partial charge is 0.332 e. The molecular weight excluding hydrogens is 432 g/mol. The van der Waals surface area contributed by atoms with Gasteiger partial charge in [-0.3, -0.25) is 38.0 Å². The molecule has 0 spiro atoms. The lowest BCUT2D eigenvalue weighted by molar-refractivity contribution is -0.142. The Kier molecular flexibility index (Phi) is 6.61. The SMILES string of the molecule is CC(C)Cn1c(N)c(C(=O)COC(=O)CCN2C(=O)c3ccccc3C2=O)c(=O)n(C)c1=O. The third-order valence-electron chi connectivity index (χ3n) is 5.19. The monoisotopic (exact) mass is 456 g/mol. The Morgan fingerprint density at radius 3 is 2.15 bits per heavy atom. The van der Waals surface area contributed by atoms with Crippen LogP contribution in [0.1, 0.15) is 51.3 Å². The van der Waals surface area contributed by atoms with Crippen LogP contribution in [0, 0.1) is 5.92 Å². The van der Waals surface area contributed by atoms with E-state index in [2.05, 4.69) is 0 Å². The molecule has 0 saturated carbocycles. The van der Waals surface area contributed by atoms with Gasteiger partial charge in [-0.15, -0.1) is 0 Å². The van der Waals surface area contributed by atoms with E-state index in [1.807, 2.05) is 13.8 Å². The highest BCUT2D eigenvalue weighted by atomic mass is 16.5. The Balaban J connectivity index is 1.66. The van der Waals surface area contributed by atoms with Crippen LogP contribution in [0.25, 0.3) is 0 Å². The second-order valence-corrected chi connectivity index (χ2v) is 8.05. The number of amides is 2. The van der Waals surface area contributed by atoms with Crippen molar-refractivity contribution in [2.75, 3.05) is 18.9 Å². The van der Waals surface area contributed by atoms with Crippen molar-refractivity contribution in [3.8, 4) is 0 Å². The van der Waals surface area contributed by atoms with Gasteiger partial charge in [-0.05, 0) is 18.1 Å². The fraction of sp³-hybridized carbons (Fsp3) is 0.364. The first-order valence-electron chi connectivity index (χ1n) is 10.3. The second-order valence-electron chi connectivity index (χ2n) is 8.05. The molecule has 2 aromatic rings. The van der Waals surface area contributed by atoms with Gasteiger partial charge in [0, 0.05) is 20.1 Å². The molecule has 11 nitrogen and oxygen atoms in total. The largest absolute Gasteiger partial charge is 0.457 e. The third kappa shape index (κ3) is 4.47. The second kappa shape index (κ2) is 9.23. The standard InChI is InChI=1S/C22H24N4O7/c1-12(2)10-26-18(23)17(21(31)24(3)22(26)32)15(27)11-33-16(28)8-9-25-19(29)13-6-4-5-7-14(13)20(25)30/h4-7,12H,8-11,23H2,1-3H3. The minimum atomic E-state index is -0.885. The number of nitrogens with two attached hydrogens (primary N) is 1. The van der Waals surface area contributed by atoms with Gasteiger partial charge in [0.25, 0.3) is 17.4 Å². The van der Waals surface area contributed by atoms with Gasteiger partial charge in [-0.25, -0.2) is 4.79 Å². The summed E-state index contributed by atoms with van der Waals surface area (Å²) in [6.07, 6.45) is -0.334. The molecule has 0 radical (unpaired) electrons. The summed E-state index contributed by atoms with van der Waals surface area (Å²) < 4.78 is 6.84. The average molecular weight is 456 g/mol. The predicted molar refractivity (Wildman–Crippen MR) is 117 cm³/mol. The summed E-state index contributed by atoms with van der Waals surface area (Å²) in [4.78, 5) is 75.1. The molecule has 3 rings (SSSR count). The zero-order chi connectivity index (χ0) is 24.4. The van der Waals surface area contributed by atoms with Crippen LogP contribution in [0.15, 0.2) is 33.9 Å². The lowest BCUT2D eigenvalue weighted by atomic mass is 10.1. The number of carbonyl (C=O) groups excluding carboxylic acids is 4. The minimum absolute atomic E-state index is 0.0189. The molecule has 1 aromatic heterocycles. The zero-order valence-electron chi connectivity index (χ0n) is 18.5. The molecule has 0 fully saturated rings. The van der Waals surface area contributed by atoms with Gasteiger partial charge in [-0.2, -0.15) is 0 Å². The highest BCUT2D eigenvalue weighted by Gasteiger charge is 2.35. The lowest BCUT2D eigenvalue weighted by Crippen LogP contribution is -2.43. The van der Waals surface area contributed by atoms with Gasteiger partial charge < -0.3 is 10.5 Å². The number of ketones is 1. The van der Waals surface area contributed by atoms with Gasteiger partial charge >= 0.3 is 11.7 Å². The molecule has 2 N–H and O–H groups in total. The summed E-state index contributed by atoms with van der Waals surface area (Å²) in [6, 6.07) is 6.31. The van der Waals surface area contributed by atoms with Crippen molar-refractivity contribution in [3.63, 3.8) is 0 Å². The number of Topliss-reactive ketones (excluding diaryl/α,β-unsaturated/α-hetero) is 1. The van der Waals surface area contributed by atoms with Crippen LogP contribution in [-0.2, 0) is 23.1 Å². The van der Waals surface area contributed by atoms with Gasteiger partial charge in [0.05, 0.1) is 17.5 Å². The number of hydrogen-bond donors (Lipinski definition) is 1. The number of anilines is 1. The molecule has 174 valence electrons. The topological polar surface area (TPSA) is 151 Å². The number of ether oxygens (including phenoxy) is 1. The van der Waals surface area contributed by atoms with Crippen molar-refractivity contribution in [1.29, 1.82) is 0 Å². The third-order valence-corrected chi connectivity index (χ3v) is 5.19. The summed E-state index contributed by atoms with van der Waals surface area (Å²) in [5, 5.41) is 0. The first-order valence-corrected chi connectivity index (χ1v) is 10.3. The summed E-state index contributed by atoms with van der Waals surface area (Å²) >= 11 is 0. The fourth-order valence-corrected chi connectivity index (χ4v) is 3.52. The fourth-order valence-electron chi connectivity index (χ4n) is 3.52. The first-order chi connectivity index (χ1) is 15.5. The van der Waals surface area contributed by atoms with E-state index >= 15 is 0 Å². The number of aromatic nitrogens is 2. The lowest BCUT2D eigenvalue weighted by Gasteiger charge is -2.16. The maximum atomic E-state index is 12.6. The van der Waals surface area contributed by atoms with E-state index in [9.17, 15) is 28.8 Å². The minimum Gasteiger partial charge on any atom is -0.457 e. The molecule has 2 heterocycles. The number of rotatable bonds is 8. The quantitative estimate of drug-likeness (QED) is 0.336. The predicted octanol–water partition coefficient (Wildman–Crippen LogP) is 0.197.